The fraction of sp³-hybridized carbons (Fsp3) is 0.333. The molecule has 0 radical (unpaired) electrons. The van der Waals surface area contributed by atoms with E-state index in [-0.39, 0.29) is 12.2 Å². The zero-order chi connectivity index (χ0) is 14.5. The summed E-state index contributed by atoms with van der Waals surface area (Å²) in [6.07, 6.45) is 3.33. The molecule has 1 aromatic heterocycles. The van der Waals surface area contributed by atoms with Gasteiger partial charge in [0.1, 0.15) is 0 Å². The quantitative estimate of drug-likeness (QED) is 0.466. The Labute approximate surface area is 125 Å². The normalized spacial score (nSPS) is 10.7. The maximum absolute atomic E-state index is 11.0. The van der Waals surface area contributed by atoms with Crippen molar-refractivity contribution >= 4 is 28.9 Å². The van der Waals surface area contributed by atoms with Crippen LogP contribution in [0.2, 0.25) is 5.02 Å². The van der Waals surface area contributed by atoms with Crippen molar-refractivity contribution in [3.8, 4) is 0 Å². The second kappa shape index (κ2) is 6.67. The number of hydrogen-bond donors (Lipinski definition) is 0. The Hall–Kier alpha value is -1.66. The third-order valence-electron chi connectivity index (χ3n) is 2.73. The van der Waals surface area contributed by atoms with E-state index < -0.39 is 4.92 Å². The van der Waals surface area contributed by atoms with Crippen LogP contribution >= 0.6 is 23.2 Å². The van der Waals surface area contributed by atoms with Gasteiger partial charge in [0.15, 0.2) is 0 Å². The average molecular weight is 315 g/mol. The molecular weight excluding hydrogens is 303 g/mol. The Morgan fingerprint density at radius 2 is 2.20 bits per heavy atom. The molecule has 2 rings (SSSR count). The highest BCUT2D eigenvalue weighted by Crippen LogP contribution is 2.23. The van der Waals surface area contributed by atoms with Gasteiger partial charge in [0.2, 0.25) is 0 Å². The summed E-state index contributed by atoms with van der Waals surface area (Å²) in [6.45, 7) is 0.279. The first-order valence-electron chi connectivity index (χ1n) is 5.98. The lowest BCUT2D eigenvalue weighted by Gasteiger charge is -2.03. The van der Waals surface area contributed by atoms with Gasteiger partial charge in [-0.2, -0.15) is 0 Å². The lowest BCUT2D eigenvalue weighted by atomic mass is 10.2. The van der Waals surface area contributed by atoms with E-state index in [9.17, 15) is 10.1 Å². The first-order chi connectivity index (χ1) is 9.60. The number of hydrogen-bond acceptors (Lipinski definition) is 4. The fourth-order valence-electron chi connectivity index (χ4n) is 1.79. The second-order valence-corrected chi connectivity index (χ2v) is 5.04. The molecular formula is C12H12Cl2N4O2. The van der Waals surface area contributed by atoms with E-state index in [0.717, 1.165) is 18.5 Å². The number of alkyl halides is 1. The maximum atomic E-state index is 11.0. The molecule has 8 heteroatoms. The summed E-state index contributed by atoms with van der Waals surface area (Å²) in [7, 11) is 0. The molecule has 0 saturated carbocycles. The first kappa shape index (κ1) is 14.7. The van der Waals surface area contributed by atoms with Gasteiger partial charge in [-0.1, -0.05) is 16.8 Å². The minimum atomic E-state index is -0.452. The number of nitro benzene ring substituents is 1. The molecule has 0 unspecified atom stereocenters. The van der Waals surface area contributed by atoms with Crippen molar-refractivity contribution in [1.29, 1.82) is 0 Å². The lowest BCUT2D eigenvalue weighted by molar-refractivity contribution is -0.385. The van der Waals surface area contributed by atoms with Gasteiger partial charge in [0.25, 0.3) is 5.69 Å². The van der Waals surface area contributed by atoms with Gasteiger partial charge in [-0.15, -0.1) is 16.7 Å². The Kier molecular flexibility index (Phi) is 4.92. The van der Waals surface area contributed by atoms with Crippen LogP contribution in [0.3, 0.4) is 0 Å². The highest BCUT2D eigenvalue weighted by Gasteiger charge is 2.15. The van der Waals surface area contributed by atoms with E-state index >= 15 is 0 Å². The van der Waals surface area contributed by atoms with Crippen molar-refractivity contribution in [3.05, 3.63) is 50.8 Å². The molecule has 1 heterocycles. The largest absolute Gasteiger partial charge is 0.275 e. The first-order valence-corrected chi connectivity index (χ1v) is 6.89. The van der Waals surface area contributed by atoms with Crippen LogP contribution < -0.4 is 0 Å². The zero-order valence-corrected chi connectivity index (χ0v) is 12.0. The summed E-state index contributed by atoms with van der Waals surface area (Å²) in [4.78, 5) is 10.5. The van der Waals surface area contributed by atoms with E-state index in [1.54, 1.807) is 23.0 Å². The number of halogens is 2. The Morgan fingerprint density at radius 3 is 2.90 bits per heavy atom. The summed E-state index contributed by atoms with van der Waals surface area (Å²) >= 11 is 11.4. The second-order valence-electron chi connectivity index (χ2n) is 4.23. The highest BCUT2D eigenvalue weighted by atomic mass is 35.5. The van der Waals surface area contributed by atoms with Crippen molar-refractivity contribution in [2.75, 3.05) is 5.88 Å². The van der Waals surface area contributed by atoms with Crippen molar-refractivity contribution in [2.45, 2.75) is 19.4 Å². The number of nitrogens with zero attached hydrogens (tertiary/aromatic N) is 4. The predicted molar refractivity (Wildman–Crippen MR) is 76.3 cm³/mol. The van der Waals surface area contributed by atoms with Crippen LogP contribution in [0.5, 0.6) is 0 Å². The van der Waals surface area contributed by atoms with Crippen LogP contribution in [-0.2, 0) is 13.0 Å². The molecule has 0 saturated heterocycles. The maximum Gasteiger partial charge on any atom is 0.275 e. The summed E-state index contributed by atoms with van der Waals surface area (Å²) in [6, 6.07) is 4.58. The van der Waals surface area contributed by atoms with Gasteiger partial charge in [0, 0.05) is 23.2 Å². The van der Waals surface area contributed by atoms with Crippen LogP contribution in [0.15, 0.2) is 24.4 Å². The molecule has 0 bridgehead atoms. The van der Waals surface area contributed by atoms with Crippen molar-refractivity contribution < 1.29 is 4.92 Å². The average Bonchev–Trinajstić information content (AvgIpc) is 2.86. The van der Waals surface area contributed by atoms with Crippen LogP contribution in [0.1, 0.15) is 17.7 Å². The van der Waals surface area contributed by atoms with Gasteiger partial charge in [0.05, 0.1) is 22.7 Å². The van der Waals surface area contributed by atoms with Gasteiger partial charge in [-0.05, 0) is 25.0 Å². The van der Waals surface area contributed by atoms with E-state index in [4.69, 9.17) is 23.2 Å². The number of benzene rings is 1. The van der Waals surface area contributed by atoms with Gasteiger partial charge < -0.3 is 0 Å². The Balaban J connectivity index is 2.17. The highest BCUT2D eigenvalue weighted by molar-refractivity contribution is 6.30. The van der Waals surface area contributed by atoms with Crippen molar-refractivity contribution in [3.63, 3.8) is 0 Å². The molecule has 0 N–H and O–H groups in total. The van der Waals surface area contributed by atoms with Crippen LogP contribution in [-0.4, -0.2) is 25.8 Å². The van der Waals surface area contributed by atoms with Crippen LogP contribution in [0.25, 0.3) is 0 Å². The molecule has 0 aliphatic rings. The Morgan fingerprint density at radius 1 is 1.40 bits per heavy atom. The zero-order valence-electron chi connectivity index (χ0n) is 10.5. The standard InChI is InChI=1S/C12H12Cl2N4O2/c13-5-1-2-11-8-17(16-15-11)7-9-3-4-10(14)6-12(9)18(19)20/h3-4,6,8H,1-2,5,7H2. The van der Waals surface area contributed by atoms with Gasteiger partial charge in [-0.3, -0.25) is 10.1 Å². The Bertz CT molecular complexity index is 615. The van der Waals surface area contributed by atoms with Crippen molar-refractivity contribution in [1.82, 2.24) is 15.0 Å². The van der Waals surface area contributed by atoms with E-state index in [0.29, 0.717) is 16.5 Å². The molecule has 0 fully saturated rings. The predicted octanol–water partition coefficient (Wildman–Crippen LogP) is 3.06. The summed E-state index contributed by atoms with van der Waals surface area (Å²) in [5, 5.41) is 19.3. The van der Waals surface area contributed by atoms with E-state index in [1.807, 2.05) is 0 Å². The minimum Gasteiger partial charge on any atom is -0.258 e. The van der Waals surface area contributed by atoms with Crippen LogP contribution in [0.4, 0.5) is 5.69 Å². The molecule has 0 amide bonds. The fourth-order valence-corrected chi connectivity index (χ4v) is 2.09. The third kappa shape index (κ3) is 3.68. The molecule has 20 heavy (non-hydrogen) atoms. The molecule has 2 aromatic rings. The number of aromatic nitrogens is 3. The number of rotatable bonds is 6. The molecule has 0 aliphatic heterocycles. The topological polar surface area (TPSA) is 73.8 Å². The van der Waals surface area contributed by atoms with E-state index in [2.05, 4.69) is 10.3 Å². The molecule has 0 spiro atoms. The number of aryl methyl sites for hydroxylation is 1. The molecule has 106 valence electrons. The molecule has 0 atom stereocenters. The third-order valence-corrected chi connectivity index (χ3v) is 3.23. The van der Waals surface area contributed by atoms with Crippen molar-refractivity contribution in [2.24, 2.45) is 0 Å². The van der Waals surface area contributed by atoms with Gasteiger partial charge in [-0.25, -0.2) is 4.68 Å². The lowest BCUT2D eigenvalue weighted by Crippen LogP contribution is -2.04. The SMILES string of the molecule is O=[N+]([O-])c1cc(Cl)ccc1Cn1cc(CCCCl)nn1. The molecule has 1 aromatic carbocycles. The minimum absolute atomic E-state index is 0.0182. The van der Waals surface area contributed by atoms with Gasteiger partial charge >= 0.3 is 0 Å². The number of nitro groups is 1. The molecule has 0 aliphatic carbocycles. The monoisotopic (exact) mass is 314 g/mol. The van der Waals surface area contributed by atoms with Crippen LogP contribution in [0, 0.1) is 10.1 Å². The summed E-state index contributed by atoms with van der Waals surface area (Å²) < 4.78 is 1.57. The molecule has 6 nitrogen and oxygen atoms in total. The summed E-state index contributed by atoms with van der Waals surface area (Å²) in [5.41, 5.74) is 1.34. The van der Waals surface area contributed by atoms with E-state index in [1.165, 1.54) is 6.07 Å². The smallest absolute Gasteiger partial charge is 0.258 e. The summed E-state index contributed by atoms with van der Waals surface area (Å²) in [5.74, 6) is 0.565.